The standard InChI is InChI=1S/C14H18N2O4/c1-2-7-19-12-4-3-11(9-17)13(8-12)20-10-14(18)16-6-5-15/h3-4,8,17H,2,6-7,9-10H2,1H3,(H,16,18). The molecule has 0 aliphatic rings. The number of benzene rings is 1. The number of carbonyl (C=O) groups is 1. The van der Waals surface area contributed by atoms with Crippen LogP contribution >= 0.6 is 0 Å². The quantitative estimate of drug-likeness (QED) is 0.692. The molecule has 0 aromatic heterocycles. The Labute approximate surface area is 117 Å². The molecule has 1 aromatic rings. The summed E-state index contributed by atoms with van der Waals surface area (Å²) in [5, 5.41) is 19.9. The van der Waals surface area contributed by atoms with E-state index in [1.807, 2.05) is 6.92 Å². The second-order valence-corrected chi connectivity index (χ2v) is 4.00. The van der Waals surface area contributed by atoms with Crippen molar-refractivity contribution in [2.24, 2.45) is 0 Å². The van der Waals surface area contributed by atoms with Crippen LogP contribution in [0.1, 0.15) is 18.9 Å². The summed E-state index contributed by atoms with van der Waals surface area (Å²) >= 11 is 0. The third-order valence-electron chi connectivity index (χ3n) is 2.41. The molecule has 0 heterocycles. The van der Waals surface area contributed by atoms with Gasteiger partial charge in [-0.3, -0.25) is 4.79 Å². The van der Waals surface area contributed by atoms with E-state index >= 15 is 0 Å². The smallest absolute Gasteiger partial charge is 0.258 e. The fourth-order valence-electron chi connectivity index (χ4n) is 1.44. The maximum Gasteiger partial charge on any atom is 0.258 e. The molecule has 0 bridgehead atoms. The van der Waals surface area contributed by atoms with Crippen LogP contribution in [0.3, 0.4) is 0 Å². The Morgan fingerprint density at radius 1 is 1.45 bits per heavy atom. The minimum atomic E-state index is -0.393. The highest BCUT2D eigenvalue weighted by atomic mass is 16.5. The van der Waals surface area contributed by atoms with E-state index in [0.29, 0.717) is 23.7 Å². The first-order valence-electron chi connectivity index (χ1n) is 6.34. The predicted octanol–water partition coefficient (Wildman–Crippen LogP) is 0.986. The van der Waals surface area contributed by atoms with Crippen molar-refractivity contribution in [2.75, 3.05) is 19.8 Å². The number of ether oxygens (including phenoxy) is 2. The van der Waals surface area contributed by atoms with Crippen molar-refractivity contribution in [1.82, 2.24) is 5.32 Å². The third-order valence-corrected chi connectivity index (χ3v) is 2.41. The number of amides is 1. The minimum Gasteiger partial charge on any atom is -0.493 e. The van der Waals surface area contributed by atoms with Crippen LogP contribution in [0.4, 0.5) is 0 Å². The normalized spacial score (nSPS) is 9.65. The van der Waals surface area contributed by atoms with Crippen LogP contribution < -0.4 is 14.8 Å². The molecular formula is C14H18N2O4. The van der Waals surface area contributed by atoms with Gasteiger partial charge in [0.05, 0.1) is 19.3 Å². The van der Waals surface area contributed by atoms with Gasteiger partial charge in [0.2, 0.25) is 0 Å². The van der Waals surface area contributed by atoms with Gasteiger partial charge >= 0.3 is 0 Å². The number of aliphatic hydroxyl groups is 1. The average molecular weight is 278 g/mol. The lowest BCUT2D eigenvalue weighted by Gasteiger charge is -2.12. The summed E-state index contributed by atoms with van der Waals surface area (Å²) in [7, 11) is 0. The van der Waals surface area contributed by atoms with Gasteiger partial charge in [-0.15, -0.1) is 0 Å². The maximum atomic E-state index is 11.4. The van der Waals surface area contributed by atoms with Gasteiger partial charge in [0.25, 0.3) is 5.91 Å². The predicted molar refractivity (Wildman–Crippen MR) is 72.3 cm³/mol. The van der Waals surface area contributed by atoms with Crippen LogP contribution in [-0.4, -0.2) is 30.8 Å². The monoisotopic (exact) mass is 278 g/mol. The Balaban J connectivity index is 2.66. The molecule has 0 unspecified atom stereocenters. The molecule has 0 atom stereocenters. The van der Waals surface area contributed by atoms with Gasteiger partial charge in [-0.1, -0.05) is 6.92 Å². The fourth-order valence-corrected chi connectivity index (χ4v) is 1.44. The molecule has 2 N–H and O–H groups in total. The Morgan fingerprint density at radius 3 is 2.90 bits per heavy atom. The van der Waals surface area contributed by atoms with Crippen LogP contribution in [0, 0.1) is 11.3 Å². The molecule has 0 aliphatic heterocycles. The van der Waals surface area contributed by atoms with Crippen LogP contribution in [-0.2, 0) is 11.4 Å². The van der Waals surface area contributed by atoms with Gasteiger partial charge in [-0.25, -0.2) is 0 Å². The van der Waals surface area contributed by atoms with E-state index in [4.69, 9.17) is 14.7 Å². The Morgan fingerprint density at radius 2 is 2.25 bits per heavy atom. The summed E-state index contributed by atoms with van der Waals surface area (Å²) < 4.78 is 10.8. The molecule has 1 amide bonds. The molecule has 0 saturated heterocycles. The van der Waals surface area contributed by atoms with E-state index in [9.17, 15) is 9.90 Å². The maximum absolute atomic E-state index is 11.4. The van der Waals surface area contributed by atoms with E-state index in [2.05, 4.69) is 5.32 Å². The summed E-state index contributed by atoms with van der Waals surface area (Å²) in [6.45, 7) is 2.11. The second-order valence-electron chi connectivity index (χ2n) is 4.00. The van der Waals surface area contributed by atoms with Crippen LogP contribution in [0.2, 0.25) is 0 Å². The van der Waals surface area contributed by atoms with Gasteiger partial charge in [0, 0.05) is 11.6 Å². The second kappa shape index (κ2) is 8.77. The van der Waals surface area contributed by atoms with Crippen LogP contribution in [0.5, 0.6) is 11.5 Å². The largest absolute Gasteiger partial charge is 0.493 e. The van der Waals surface area contributed by atoms with Crippen LogP contribution in [0.15, 0.2) is 18.2 Å². The van der Waals surface area contributed by atoms with Crippen molar-refractivity contribution in [2.45, 2.75) is 20.0 Å². The highest BCUT2D eigenvalue weighted by Gasteiger charge is 2.08. The summed E-state index contributed by atoms with van der Waals surface area (Å²) in [5.74, 6) is 0.625. The summed E-state index contributed by atoms with van der Waals surface area (Å²) in [6.07, 6.45) is 0.883. The number of carbonyl (C=O) groups excluding carboxylic acids is 1. The first kappa shape index (κ1) is 15.8. The Hall–Kier alpha value is -2.26. The lowest BCUT2D eigenvalue weighted by Crippen LogP contribution is -2.29. The number of hydrogen-bond acceptors (Lipinski definition) is 5. The number of hydrogen-bond donors (Lipinski definition) is 2. The van der Waals surface area contributed by atoms with Gasteiger partial charge in [-0.05, 0) is 18.6 Å². The number of nitrogens with one attached hydrogen (secondary N) is 1. The van der Waals surface area contributed by atoms with Crippen molar-refractivity contribution in [1.29, 1.82) is 5.26 Å². The molecule has 1 aromatic carbocycles. The number of nitrogens with zero attached hydrogens (tertiary/aromatic N) is 1. The van der Waals surface area contributed by atoms with Gasteiger partial charge in [0.1, 0.15) is 18.0 Å². The first-order valence-corrected chi connectivity index (χ1v) is 6.34. The molecule has 6 heteroatoms. The molecule has 1 rings (SSSR count). The summed E-state index contributed by atoms with van der Waals surface area (Å²) in [4.78, 5) is 11.4. The van der Waals surface area contributed by atoms with Gasteiger partial charge < -0.3 is 19.9 Å². The molecule has 0 radical (unpaired) electrons. The molecule has 20 heavy (non-hydrogen) atoms. The van der Waals surface area contributed by atoms with Crippen molar-refractivity contribution >= 4 is 5.91 Å². The zero-order valence-corrected chi connectivity index (χ0v) is 11.4. The zero-order valence-electron chi connectivity index (χ0n) is 11.4. The van der Waals surface area contributed by atoms with Gasteiger partial charge in [-0.2, -0.15) is 5.26 Å². The highest BCUT2D eigenvalue weighted by Crippen LogP contribution is 2.25. The zero-order chi connectivity index (χ0) is 14.8. The van der Waals surface area contributed by atoms with Crippen molar-refractivity contribution < 1.29 is 19.4 Å². The van der Waals surface area contributed by atoms with Crippen molar-refractivity contribution in [3.63, 3.8) is 0 Å². The third kappa shape index (κ3) is 5.16. The number of nitriles is 1. The van der Waals surface area contributed by atoms with Crippen molar-refractivity contribution in [3.8, 4) is 17.6 Å². The molecule has 0 saturated carbocycles. The van der Waals surface area contributed by atoms with E-state index in [1.54, 1.807) is 24.3 Å². The molecule has 0 spiro atoms. The first-order chi connectivity index (χ1) is 9.71. The topological polar surface area (TPSA) is 91.6 Å². The lowest BCUT2D eigenvalue weighted by molar-refractivity contribution is -0.122. The fraction of sp³-hybridized carbons (Fsp3) is 0.429. The highest BCUT2D eigenvalue weighted by molar-refractivity contribution is 5.77. The van der Waals surface area contributed by atoms with E-state index < -0.39 is 5.91 Å². The summed E-state index contributed by atoms with van der Waals surface area (Å²) in [6, 6.07) is 6.87. The Bertz CT molecular complexity index is 483. The molecule has 108 valence electrons. The molecule has 6 nitrogen and oxygen atoms in total. The van der Waals surface area contributed by atoms with E-state index in [1.165, 1.54) is 0 Å². The van der Waals surface area contributed by atoms with E-state index in [0.717, 1.165) is 6.42 Å². The van der Waals surface area contributed by atoms with Crippen molar-refractivity contribution in [3.05, 3.63) is 23.8 Å². The Kier molecular flexibility index (Phi) is 6.93. The number of aliphatic hydroxyl groups excluding tert-OH is 1. The molecule has 0 aliphatic carbocycles. The number of rotatable bonds is 8. The minimum absolute atomic E-state index is 0.0608. The molecule has 0 fully saturated rings. The van der Waals surface area contributed by atoms with Crippen LogP contribution in [0.25, 0.3) is 0 Å². The SMILES string of the molecule is CCCOc1ccc(CO)c(OCC(=O)NCC#N)c1. The summed E-state index contributed by atoms with van der Waals surface area (Å²) in [5.41, 5.74) is 0.571. The lowest BCUT2D eigenvalue weighted by atomic mass is 10.2. The molecular weight excluding hydrogens is 260 g/mol. The average Bonchev–Trinajstić information content (AvgIpc) is 2.48. The van der Waals surface area contributed by atoms with E-state index in [-0.39, 0.29) is 19.8 Å². The van der Waals surface area contributed by atoms with Gasteiger partial charge in [0.15, 0.2) is 6.61 Å².